The highest BCUT2D eigenvalue weighted by molar-refractivity contribution is 5.95. The van der Waals surface area contributed by atoms with Crippen LogP contribution in [0.4, 0.5) is 4.39 Å². The summed E-state index contributed by atoms with van der Waals surface area (Å²) in [6.07, 6.45) is 2.12. The first-order valence-corrected chi connectivity index (χ1v) is 7.07. The molecule has 1 N–H and O–H groups in total. The van der Waals surface area contributed by atoms with Crippen molar-refractivity contribution >= 4 is 10.8 Å². The van der Waals surface area contributed by atoms with Gasteiger partial charge in [-0.15, -0.1) is 0 Å². The zero-order valence-corrected chi connectivity index (χ0v) is 11.3. The lowest BCUT2D eigenvalue weighted by Gasteiger charge is -2.04. The fraction of sp³-hybridized carbons (Fsp3) is 0.250. The van der Waals surface area contributed by atoms with Crippen LogP contribution in [0.25, 0.3) is 22.2 Å². The summed E-state index contributed by atoms with van der Waals surface area (Å²) in [5.74, 6) is 0.876. The zero-order chi connectivity index (χ0) is 14.2. The number of halogens is 1. The van der Waals surface area contributed by atoms with Gasteiger partial charge in [-0.2, -0.15) is 4.98 Å². The lowest BCUT2D eigenvalue weighted by Crippen LogP contribution is -2.12. The van der Waals surface area contributed by atoms with Crippen molar-refractivity contribution in [3.63, 3.8) is 0 Å². The lowest BCUT2D eigenvalue weighted by atomic mass is 10.0. The Morgan fingerprint density at radius 2 is 2.00 bits per heavy atom. The van der Waals surface area contributed by atoms with Crippen molar-refractivity contribution < 1.29 is 8.91 Å². The van der Waals surface area contributed by atoms with Crippen molar-refractivity contribution in [1.29, 1.82) is 0 Å². The van der Waals surface area contributed by atoms with Gasteiger partial charge in [-0.3, -0.25) is 0 Å². The SMILES string of the molecule is Fc1ccc(-c2noc(C3CCCN3)n2)c2ccccc12. The van der Waals surface area contributed by atoms with Crippen molar-refractivity contribution in [2.45, 2.75) is 18.9 Å². The van der Waals surface area contributed by atoms with E-state index in [2.05, 4.69) is 15.5 Å². The summed E-state index contributed by atoms with van der Waals surface area (Å²) in [5, 5.41) is 8.76. The van der Waals surface area contributed by atoms with Crippen LogP contribution in [0.2, 0.25) is 0 Å². The Hall–Kier alpha value is -2.27. The molecule has 4 rings (SSSR count). The molecule has 5 heteroatoms. The molecular formula is C16H14FN3O. The van der Waals surface area contributed by atoms with Gasteiger partial charge in [-0.25, -0.2) is 4.39 Å². The summed E-state index contributed by atoms with van der Waals surface area (Å²) in [4.78, 5) is 4.48. The molecule has 0 saturated carbocycles. The fourth-order valence-corrected chi connectivity index (χ4v) is 2.84. The molecule has 1 saturated heterocycles. The molecule has 1 aliphatic rings. The Morgan fingerprint density at radius 3 is 2.81 bits per heavy atom. The Kier molecular flexibility index (Phi) is 2.93. The van der Waals surface area contributed by atoms with E-state index in [-0.39, 0.29) is 11.9 Å². The molecule has 106 valence electrons. The van der Waals surface area contributed by atoms with Gasteiger partial charge >= 0.3 is 0 Å². The minimum absolute atomic E-state index is 0.137. The van der Waals surface area contributed by atoms with Gasteiger partial charge in [-0.05, 0) is 36.9 Å². The van der Waals surface area contributed by atoms with Crippen molar-refractivity contribution in [3.05, 3.63) is 48.1 Å². The molecule has 2 aromatic carbocycles. The van der Waals surface area contributed by atoms with E-state index in [9.17, 15) is 4.39 Å². The smallest absolute Gasteiger partial charge is 0.244 e. The van der Waals surface area contributed by atoms with Crippen LogP contribution in [0.5, 0.6) is 0 Å². The first kappa shape index (κ1) is 12.5. The topological polar surface area (TPSA) is 51.0 Å². The van der Waals surface area contributed by atoms with Gasteiger partial charge in [0.25, 0.3) is 0 Å². The second kappa shape index (κ2) is 4.93. The highest BCUT2D eigenvalue weighted by Gasteiger charge is 2.23. The number of nitrogens with zero attached hydrogens (tertiary/aromatic N) is 2. The van der Waals surface area contributed by atoms with E-state index < -0.39 is 0 Å². The minimum Gasteiger partial charge on any atom is -0.337 e. The molecule has 1 atom stereocenters. The Balaban J connectivity index is 1.81. The number of benzene rings is 2. The highest BCUT2D eigenvalue weighted by Crippen LogP contribution is 2.30. The van der Waals surface area contributed by atoms with E-state index in [0.717, 1.165) is 30.3 Å². The largest absolute Gasteiger partial charge is 0.337 e. The molecule has 0 radical (unpaired) electrons. The Morgan fingerprint density at radius 1 is 1.14 bits per heavy atom. The van der Waals surface area contributed by atoms with E-state index in [0.29, 0.717) is 17.1 Å². The van der Waals surface area contributed by atoms with Gasteiger partial charge in [0, 0.05) is 10.9 Å². The molecule has 21 heavy (non-hydrogen) atoms. The number of nitrogens with one attached hydrogen (secondary N) is 1. The van der Waals surface area contributed by atoms with Crippen LogP contribution in [0.15, 0.2) is 40.9 Å². The predicted octanol–water partition coefficient (Wildman–Crippen LogP) is 3.45. The zero-order valence-electron chi connectivity index (χ0n) is 11.3. The number of hydrogen-bond acceptors (Lipinski definition) is 4. The molecule has 2 heterocycles. The molecule has 3 aromatic rings. The van der Waals surface area contributed by atoms with Gasteiger partial charge in [0.1, 0.15) is 5.82 Å². The highest BCUT2D eigenvalue weighted by atomic mass is 19.1. The quantitative estimate of drug-likeness (QED) is 0.782. The first-order chi connectivity index (χ1) is 10.3. The maximum atomic E-state index is 13.9. The summed E-state index contributed by atoms with van der Waals surface area (Å²) in [6.45, 7) is 0.974. The van der Waals surface area contributed by atoms with E-state index in [1.807, 2.05) is 18.2 Å². The van der Waals surface area contributed by atoms with Gasteiger partial charge in [0.15, 0.2) is 0 Å². The van der Waals surface area contributed by atoms with Crippen molar-refractivity contribution in [2.75, 3.05) is 6.54 Å². The van der Waals surface area contributed by atoms with Crippen LogP contribution in [0.3, 0.4) is 0 Å². The Bertz CT molecular complexity index is 793. The molecule has 0 amide bonds. The predicted molar refractivity (Wildman–Crippen MR) is 77.2 cm³/mol. The summed E-state index contributed by atoms with van der Waals surface area (Å²) in [5.41, 5.74) is 0.792. The standard InChI is InChI=1S/C16H14FN3O/c17-13-8-7-12(10-4-1-2-5-11(10)13)15-19-16(21-20-15)14-6-3-9-18-14/h1-2,4-5,7-8,14,18H,3,6,9H2. The first-order valence-electron chi connectivity index (χ1n) is 7.07. The second-order valence-electron chi connectivity index (χ2n) is 5.25. The van der Waals surface area contributed by atoms with Gasteiger partial charge in [-0.1, -0.05) is 29.4 Å². The third-order valence-corrected chi connectivity index (χ3v) is 3.91. The molecular weight excluding hydrogens is 269 g/mol. The van der Waals surface area contributed by atoms with Crippen LogP contribution in [0, 0.1) is 5.82 Å². The Labute approximate surface area is 121 Å². The third kappa shape index (κ3) is 2.10. The van der Waals surface area contributed by atoms with Crippen molar-refractivity contribution in [2.24, 2.45) is 0 Å². The van der Waals surface area contributed by atoms with E-state index in [1.165, 1.54) is 6.07 Å². The molecule has 1 unspecified atom stereocenters. The third-order valence-electron chi connectivity index (χ3n) is 3.91. The molecule has 1 aliphatic heterocycles. The maximum Gasteiger partial charge on any atom is 0.244 e. The van der Waals surface area contributed by atoms with Crippen molar-refractivity contribution in [3.8, 4) is 11.4 Å². The van der Waals surface area contributed by atoms with E-state index >= 15 is 0 Å². The monoisotopic (exact) mass is 283 g/mol. The van der Waals surface area contributed by atoms with Crippen LogP contribution in [-0.4, -0.2) is 16.7 Å². The van der Waals surface area contributed by atoms with Crippen LogP contribution in [-0.2, 0) is 0 Å². The van der Waals surface area contributed by atoms with Gasteiger partial charge in [0.2, 0.25) is 11.7 Å². The van der Waals surface area contributed by atoms with Crippen molar-refractivity contribution in [1.82, 2.24) is 15.5 Å². The van der Waals surface area contributed by atoms with E-state index in [1.54, 1.807) is 12.1 Å². The van der Waals surface area contributed by atoms with Gasteiger partial charge in [0.05, 0.1) is 6.04 Å². The average molecular weight is 283 g/mol. The minimum atomic E-state index is -0.240. The molecule has 4 nitrogen and oxygen atoms in total. The number of rotatable bonds is 2. The summed E-state index contributed by atoms with van der Waals surface area (Å²) >= 11 is 0. The van der Waals surface area contributed by atoms with Crippen LogP contribution >= 0.6 is 0 Å². The summed E-state index contributed by atoms with van der Waals surface area (Å²) < 4.78 is 19.2. The fourth-order valence-electron chi connectivity index (χ4n) is 2.84. The maximum absolute atomic E-state index is 13.9. The second-order valence-corrected chi connectivity index (χ2v) is 5.25. The van der Waals surface area contributed by atoms with E-state index in [4.69, 9.17) is 4.52 Å². The molecule has 0 bridgehead atoms. The number of hydrogen-bond donors (Lipinski definition) is 1. The molecule has 0 spiro atoms. The van der Waals surface area contributed by atoms with Gasteiger partial charge < -0.3 is 9.84 Å². The number of aromatic nitrogens is 2. The molecule has 1 aromatic heterocycles. The summed E-state index contributed by atoms with van der Waals surface area (Å²) in [7, 11) is 0. The average Bonchev–Trinajstić information content (AvgIpc) is 3.19. The number of fused-ring (bicyclic) bond motifs is 1. The summed E-state index contributed by atoms with van der Waals surface area (Å²) in [6, 6.07) is 10.6. The van der Waals surface area contributed by atoms with Crippen LogP contribution in [0.1, 0.15) is 24.8 Å². The van der Waals surface area contributed by atoms with Crippen LogP contribution < -0.4 is 5.32 Å². The molecule has 0 aliphatic carbocycles. The lowest BCUT2D eigenvalue weighted by molar-refractivity contribution is 0.345. The molecule has 1 fully saturated rings. The normalized spacial score (nSPS) is 18.4.